The van der Waals surface area contributed by atoms with Crippen LogP contribution in [-0.4, -0.2) is 30.6 Å². The van der Waals surface area contributed by atoms with Crippen molar-refractivity contribution in [2.75, 3.05) is 5.32 Å². The normalized spacial score (nSPS) is 11.0. The summed E-state index contributed by atoms with van der Waals surface area (Å²) in [4.78, 5) is 20.4. The molecule has 0 aliphatic carbocycles. The largest absolute Gasteiger partial charge is 0.356 e. The highest BCUT2D eigenvalue weighted by atomic mass is 32.2. The molecule has 2 N–H and O–H groups in total. The Morgan fingerprint density at radius 3 is 2.35 bits per heavy atom. The molecule has 0 aliphatic heterocycles. The van der Waals surface area contributed by atoms with Crippen LogP contribution in [0.4, 0.5) is 5.00 Å². The Hall–Kier alpha value is -3.69. The zero-order valence-corrected chi connectivity index (χ0v) is 20.5. The Bertz CT molecular complexity index is 1450. The molecule has 9 heteroatoms. The summed E-state index contributed by atoms with van der Waals surface area (Å²) in [5.74, 6) is 0.583. The summed E-state index contributed by atoms with van der Waals surface area (Å²) < 4.78 is 2.79. The van der Waals surface area contributed by atoms with Gasteiger partial charge in [-0.15, -0.1) is 10.2 Å². The van der Waals surface area contributed by atoms with Gasteiger partial charge in [-0.25, -0.2) is 4.98 Å². The fourth-order valence-corrected chi connectivity index (χ4v) is 5.42. The molecule has 0 unspecified atom stereocenters. The molecule has 34 heavy (non-hydrogen) atoms. The second kappa shape index (κ2) is 9.28. The standard InChI is InChI=1S/C25H22N6OS2/c1-15-16(2)21(27-17(15)3)22-29-30-24(31(22)19-12-8-5-9-13-19)34-25-26-14-20(33-25)28-23(32)18-10-6-4-7-11-18/h4-14,27H,1-3H3,(H,28,32). The molecule has 7 nitrogen and oxygen atoms in total. The number of thiazole rings is 1. The molecule has 0 saturated carbocycles. The number of hydrogen-bond acceptors (Lipinski definition) is 6. The molecule has 0 saturated heterocycles. The van der Waals surface area contributed by atoms with Crippen molar-refractivity contribution in [3.8, 4) is 17.2 Å². The zero-order chi connectivity index (χ0) is 23.7. The average molecular weight is 487 g/mol. The molecule has 1 amide bonds. The van der Waals surface area contributed by atoms with Gasteiger partial charge in [-0.3, -0.25) is 9.36 Å². The number of nitrogens with one attached hydrogen (secondary N) is 2. The molecule has 2 aromatic carbocycles. The van der Waals surface area contributed by atoms with Gasteiger partial charge < -0.3 is 10.3 Å². The number of aromatic nitrogens is 5. The predicted octanol–water partition coefficient (Wildman–Crippen LogP) is 6.05. The first kappa shape index (κ1) is 22.1. The lowest BCUT2D eigenvalue weighted by molar-refractivity contribution is 0.102. The number of aryl methyl sites for hydroxylation is 1. The summed E-state index contributed by atoms with van der Waals surface area (Å²) in [6, 6.07) is 19.1. The van der Waals surface area contributed by atoms with E-state index >= 15 is 0 Å². The Morgan fingerprint density at radius 2 is 1.68 bits per heavy atom. The first-order valence-corrected chi connectivity index (χ1v) is 12.3. The van der Waals surface area contributed by atoms with Crippen molar-refractivity contribution < 1.29 is 4.79 Å². The number of rotatable bonds is 6. The Labute approximate surface area is 205 Å². The van der Waals surface area contributed by atoms with Crippen LogP contribution >= 0.6 is 23.1 Å². The number of para-hydroxylation sites is 1. The van der Waals surface area contributed by atoms with E-state index in [2.05, 4.69) is 46.3 Å². The average Bonchev–Trinajstić information content (AvgIpc) is 3.55. The number of hydrogen-bond donors (Lipinski definition) is 2. The number of anilines is 1. The third kappa shape index (κ3) is 4.27. The number of benzene rings is 2. The highest BCUT2D eigenvalue weighted by Gasteiger charge is 2.22. The summed E-state index contributed by atoms with van der Waals surface area (Å²) in [6.45, 7) is 6.25. The third-order valence-corrected chi connectivity index (χ3v) is 7.55. The lowest BCUT2D eigenvalue weighted by Crippen LogP contribution is -2.10. The van der Waals surface area contributed by atoms with E-state index in [9.17, 15) is 4.79 Å². The molecule has 0 aliphatic rings. The minimum absolute atomic E-state index is 0.163. The van der Waals surface area contributed by atoms with Crippen LogP contribution in [0.15, 0.2) is 76.4 Å². The molecule has 5 aromatic rings. The van der Waals surface area contributed by atoms with E-state index in [0.29, 0.717) is 15.7 Å². The van der Waals surface area contributed by atoms with Crippen molar-refractivity contribution >= 4 is 34.0 Å². The highest BCUT2D eigenvalue weighted by molar-refractivity contribution is 8.01. The van der Waals surface area contributed by atoms with Gasteiger partial charge in [-0.1, -0.05) is 47.7 Å². The second-order valence-corrected chi connectivity index (χ2v) is 10.0. The maximum absolute atomic E-state index is 12.5. The number of carbonyl (C=O) groups is 1. The Morgan fingerprint density at radius 1 is 0.971 bits per heavy atom. The van der Waals surface area contributed by atoms with Crippen LogP contribution in [0.2, 0.25) is 0 Å². The van der Waals surface area contributed by atoms with Crippen molar-refractivity contribution in [2.45, 2.75) is 30.3 Å². The smallest absolute Gasteiger partial charge is 0.256 e. The molecular formula is C25H22N6OS2. The van der Waals surface area contributed by atoms with Gasteiger partial charge in [0, 0.05) is 16.9 Å². The van der Waals surface area contributed by atoms with Crippen LogP contribution in [-0.2, 0) is 0 Å². The summed E-state index contributed by atoms with van der Waals surface area (Å²) in [6.07, 6.45) is 1.67. The minimum Gasteiger partial charge on any atom is -0.356 e. The molecular weight excluding hydrogens is 464 g/mol. The van der Waals surface area contributed by atoms with Crippen LogP contribution < -0.4 is 5.32 Å². The van der Waals surface area contributed by atoms with Crippen LogP contribution in [0.1, 0.15) is 27.2 Å². The van der Waals surface area contributed by atoms with Gasteiger partial charge in [0.25, 0.3) is 5.91 Å². The van der Waals surface area contributed by atoms with Crippen LogP contribution in [0.5, 0.6) is 0 Å². The van der Waals surface area contributed by atoms with Crippen LogP contribution in [0.25, 0.3) is 17.2 Å². The molecule has 0 spiro atoms. The van der Waals surface area contributed by atoms with Gasteiger partial charge in [-0.2, -0.15) is 0 Å². The van der Waals surface area contributed by atoms with Crippen molar-refractivity contribution in [3.63, 3.8) is 0 Å². The second-order valence-electron chi connectivity index (χ2n) is 7.76. The maximum Gasteiger partial charge on any atom is 0.256 e. The van der Waals surface area contributed by atoms with Gasteiger partial charge in [-0.05, 0) is 67.9 Å². The topological polar surface area (TPSA) is 88.5 Å². The van der Waals surface area contributed by atoms with E-state index in [1.165, 1.54) is 28.7 Å². The van der Waals surface area contributed by atoms with Crippen molar-refractivity contribution in [2.24, 2.45) is 0 Å². The SMILES string of the molecule is Cc1[nH]c(-c2nnc(Sc3ncc(NC(=O)c4ccccc4)s3)n2-c2ccccc2)c(C)c1C. The fraction of sp³-hybridized carbons (Fsp3) is 0.120. The molecule has 170 valence electrons. The van der Waals surface area contributed by atoms with E-state index < -0.39 is 0 Å². The van der Waals surface area contributed by atoms with Crippen molar-refractivity contribution in [3.05, 3.63) is 89.2 Å². The summed E-state index contributed by atoms with van der Waals surface area (Å²) in [5.41, 5.74) is 5.99. The summed E-state index contributed by atoms with van der Waals surface area (Å²) in [5, 5.41) is 13.3. The molecule has 0 fully saturated rings. The van der Waals surface area contributed by atoms with Gasteiger partial charge in [0.1, 0.15) is 5.00 Å². The van der Waals surface area contributed by atoms with Gasteiger partial charge in [0.05, 0.1) is 11.9 Å². The van der Waals surface area contributed by atoms with Crippen LogP contribution in [0.3, 0.4) is 0 Å². The molecule has 3 aromatic heterocycles. The lowest BCUT2D eigenvalue weighted by Gasteiger charge is -2.09. The molecule has 5 rings (SSSR count). The fourth-order valence-electron chi connectivity index (χ4n) is 3.59. The first-order valence-electron chi connectivity index (χ1n) is 10.7. The summed E-state index contributed by atoms with van der Waals surface area (Å²) in [7, 11) is 0. The lowest BCUT2D eigenvalue weighted by atomic mass is 10.1. The Kier molecular flexibility index (Phi) is 6.04. The third-order valence-electron chi connectivity index (χ3n) is 5.62. The van der Waals surface area contributed by atoms with Crippen LogP contribution in [0, 0.1) is 20.8 Å². The zero-order valence-electron chi connectivity index (χ0n) is 18.9. The van der Waals surface area contributed by atoms with E-state index in [-0.39, 0.29) is 5.91 Å². The van der Waals surface area contributed by atoms with Crippen molar-refractivity contribution in [1.29, 1.82) is 0 Å². The van der Waals surface area contributed by atoms with E-state index in [1.54, 1.807) is 18.3 Å². The number of amides is 1. The van der Waals surface area contributed by atoms with Gasteiger partial charge >= 0.3 is 0 Å². The van der Waals surface area contributed by atoms with E-state index in [1.807, 2.05) is 53.1 Å². The molecule has 0 atom stereocenters. The predicted molar refractivity (Wildman–Crippen MR) is 136 cm³/mol. The molecule has 0 bridgehead atoms. The van der Waals surface area contributed by atoms with Gasteiger partial charge in [0.2, 0.25) is 5.16 Å². The number of H-pyrrole nitrogens is 1. The molecule has 3 heterocycles. The van der Waals surface area contributed by atoms with E-state index in [4.69, 9.17) is 0 Å². The van der Waals surface area contributed by atoms with Crippen molar-refractivity contribution in [1.82, 2.24) is 24.7 Å². The number of aromatic amines is 1. The first-order chi connectivity index (χ1) is 16.5. The maximum atomic E-state index is 12.5. The number of carbonyl (C=O) groups excluding carboxylic acids is 1. The van der Waals surface area contributed by atoms with E-state index in [0.717, 1.165) is 32.8 Å². The summed E-state index contributed by atoms with van der Waals surface area (Å²) >= 11 is 2.82. The Balaban J connectivity index is 1.46. The quantitative estimate of drug-likeness (QED) is 0.305. The molecule has 0 radical (unpaired) electrons. The van der Waals surface area contributed by atoms with Gasteiger partial charge in [0.15, 0.2) is 10.2 Å². The number of nitrogens with zero attached hydrogens (tertiary/aromatic N) is 4. The minimum atomic E-state index is -0.163. The monoisotopic (exact) mass is 486 g/mol. The highest BCUT2D eigenvalue weighted by Crippen LogP contribution is 2.36.